The molecule has 160 valence electrons. The quantitative estimate of drug-likeness (QED) is 0.475. The molecule has 3 rings (SSSR count). The fourth-order valence-corrected chi connectivity index (χ4v) is 3.05. The first-order valence-corrected chi connectivity index (χ1v) is 10.2. The zero-order chi connectivity index (χ0) is 22.2. The minimum atomic E-state index is -0.217. The molecule has 0 saturated heterocycles. The Labute approximate surface area is 186 Å². The fourth-order valence-electron chi connectivity index (χ4n) is 2.88. The highest BCUT2D eigenvalue weighted by atomic mass is 35.5. The molecular weight excluding hydrogens is 416 g/mol. The van der Waals surface area contributed by atoms with Gasteiger partial charge in [0.1, 0.15) is 11.5 Å². The largest absolute Gasteiger partial charge is 0.494 e. The number of carbonyl (C=O) groups is 2. The fraction of sp³-hybridized carbons (Fsp3) is 0.167. The second kappa shape index (κ2) is 10.5. The molecular formula is C24H23ClN2O4. The van der Waals surface area contributed by atoms with E-state index in [0.717, 1.165) is 11.3 Å². The minimum absolute atomic E-state index is 0.147. The van der Waals surface area contributed by atoms with Crippen molar-refractivity contribution in [2.24, 2.45) is 0 Å². The number of hydrogen-bond acceptors (Lipinski definition) is 4. The van der Waals surface area contributed by atoms with Crippen LogP contribution in [-0.2, 0) is 16.0 Å². The smallest absolute Gasteiger partial charge is 0.228 e. The second-order valence-electron chi connectivity index (χ2n) is 6.75. The maximum Gasteiger partial charge on any atom is 0.228 e. The van der Waals surface area contributed by atoms with Crippen LogP contribution in [-0.4, -0.2) is 18.4 Å². The Morgan fingerprint density at radius 1 is 0.903 bits per heavy atom. The number of anilines is 2. The zero-order valence-corrected chi connectivity index (χ0v) is 18.0. The lowest BCUT2D eigenvalue weighted by molar-refractivity contribution is -0.116. The standard InChI is InChI=1S/C24H23ClN2O4/c1-3-30-20-9-11-21(12-10-20)31-23-13-6-18(25)15-22(23)27-24(29)14-17-4-7-19(8-5-17)26-16(2)28/h4-13,15H,3,14H2,1-2H3,(H,26,28)(H,27,29). The van der Waals surface area contributed by atoms with Crippen molar-refractivity contribution in [2.45, 2.75) is 20.3 Å². The molecule has 7 heteroatoms. The van der Waals surface area contributed by atoms with Crippen LogP contribution in [0.2, 0.25) is 5.02 Å². The Hall–Kier alpha value is -3.51. The molecule has 0 aromatic heterocycles. The Kier molecular flexibility index (Phi) is 7.51. The minimum Gasteiger partial charge on any atom is -0.494 e. The molecule has 0 atom stereocenters. The summed E-state index contributed by atoms with van der Waals surface area (Å²) < 4.78 is 11.4. The summed E-state index contributed by atoms with van der Waals surface area (Å²) in [7, 11) is 0. The number of ether oxygens (including phenoxy) is 2. The maximum atomic E-state index is 12.6. The average molecular weight is 439 g/mol. The highest BCUT2D eigenvalue weighted by Crippen LogP contribution is 2.33. The number of rotatable bonds is 8. The Balaban J connectivity index is 1.68. The normalized spacial score (nSPS) is 10.3. The summed E-state index contributed by atoms with van der Waals surface area (Å²) in [6.07, 6.45) is 0.162. The monoisotopic (exact) mass is 438 g/mol. The molecule has 0 aliphatic carbocycles. The van der Waals surface area contributed by atoms with E-state index in [4.69, 9.17) is 21.1 Å². The molecule has 0 bridgehead atoms. The van der Waals surface area contributed by atoms with Gasteiger partial charge in [0.25, 0.3) is 0 Å². The molecule has 3 aromatic rings. The summed E-state index contributed by atoms with van der Waals surface area (Å²) in [5, 5.41) is 6.03. The van der Waals surface area contributed by atoms with Crippen LogP contribution in [0.3, 0.4) is 0 Å². The van der Waals surface area contributed by atoms with Crippen LogP contribution in [0.15, 0.2) is 66.7 Å². The van der Waals surface area contributed by atoms with Gasteiger partial charge in [-0.2, -0.15) is 0 Å². The van der Waals surface area contributed by atoms with Gasteiger partial charge in [-0.3, -0.25) is 9.59 Å². The molecule has 3 aromatic carbocycles. The van der Waals surface area contributed by atoms with Gasteiger partial charge >= 0.3 is 0 Å². The van der Waals surface area contributed by atoms with E-state index in [0.29, 0.717) is 34.5 Å². The van der Waals surface area contributed by atoms with E-state index < -0.39 is 0 Å². The van der Waals surface area contributed by atoms with E-state index in [-0.39, 0.29) is 18.2 Å². The number of carbonyl (C=O) groups excluding carboxylic acids is 2. The molecule has 0 spiro atoms. The first-order valence-electron chi connectivity index (χ1n) is 9.79. The van der Waals surface area contributed by atoms with Gasteiger partial charge in [0, 0.05) is 17.6 Å². The van der Waals surface area contributed by atoms with Crippen LogP contribution in [0.1, 0.15) is 19.4 Å². The predicted octanol–water partition coefficient (Wildman–Crippen LogP) is 5.67. The average Bonchev–Trinajstić information content (AvgIpc) is 2.72. The molecule has 0 fully saturated rings. The Bertz CT molecular complexity index is 1050. The van der Waals surface area contributed by atoms with E-state index in [9.17, 15) is 9.59 Å². The molecule has 0 aliphatic rings. The zero-order valence-electron chi connectivity index (χ0n) is 17.3. The Morgan fingerprint density at radius 2 is 1.58 bits per heavy atom. The summed E-state index contributed by atoms with van der Waals surface area (Å²) in [5.41, 5.74) is 1.96. The maximum absolute atomic E-state index is 12.6. The van der Waals surface area contributed by atoms with E-state index in [1.807, 2.05) is 19.1 Å². The molecule has 0 aliphatic heterocycles. The van der Waals surface area contributed by atoms with Crippen molar-refractivity contribution in [3.05, 3.63) is 77.3 Å². The lowest BCUT2D eigenvalue weighted by Gasteiger charge is -2.13. The second-order valence-corrected chi connectivity index (χ2v) is 7.19. The van der Waals surface area contributed by atoms with Crippen molar-refractivity contribution in [3.8, 4) is 17.2 Å². The number of hydrogen-bond donors (Lipinski definition) is 2. The van der Waals surface area contributed by atoms with Gasteiger partial charge < -0.3 is 20.1 Å². The molecule has 2 N–H and O–H groups in total. The van der Waals surface area contributed by atoms with Crippen LogP contribution in [0.25, 0.3) is 0 Å². The highest BCUT2D eigenvalue weighted by molar-refractivity contribution is 6.31. The third kappa shape index (κ3) is 6.76. The number of nitrogens with one attached hydrogen (secondary N) is 2. The van der Waals surface area contributed by atoms with Crippen LogP contribution in [0.4, 0.5) is 11.4 Å². The van der Waals surface area contributed by atoms with Gasteiger partial charge in [0.05, 0.1) is 18.7 Å². The van der Waals surface area contributed by atoms with Crippen LogP contribution < -0.4 is 20.1 Å². The molecule has 0 radical (unpaired) electrons. The molecule has 0 unspecified atom stereocenters. The van der Waals surface area contributed by atoms with Crippen molar-refractivity contribution in [1.29, 1.82) is 0 Å². The summed E-state index contributed by atoms with van der Waals surface area (Å²) in [4.78, 5) is 23.7. The molecule has 2 amide bonds. The summed E-state index contributed by atoms with van der Waals surface area (Å²) >= 11 is 6.12. The van der Waals surface area contributed by atoms with Crippen LogP contribution in [0.5, 0.6) is 17.2 Å². The predicted molar refractivity (Wildman–Crippen MR) is 122 cm³/mol. The lowest BCUT2D eigenvalue weighted by Crippen LogP contribution is -2.15. The third-order valence-electron chi connectivity index (χ3n) is 4.22. The van der Waals surface area contributed by atoms with Crippen LogP contribution >= 0.6 is 11.6 Å². The summed E-state index contributed by atoms with van der Waals surface area (Å²) in [6, 6.07) is 19.4. The van der Waals surface area contributed by atoms with Gasteiger partial charge in [-0.05, 0) is 67.1 Å². The van der Waals surface area contributed by atoms with Crippen molar-refractivity contribution in [1.82, 2.24) is 0 Å². The Morgan fingerprint density at radius 3 is 2.23 bits per heavy atom. The number of amides is 2. The molecule has 31 heavy (non-hydrogen) atoms. The first-order chi connectivity index (χ1) is 14.9. The number of halogens is 1. The van der Waals surface area contributed by atoms with Crippen LogP contribution in [0, 0.1) is 0 Å². The summed E-state index contributed by atoms with van der Waals surface area (Å²) in [6.45, 7) is 3.95. The van der Waals surface area contributed by atoms with E-state index in [2.05, 4.69) is 10.6 Å². The van der Waals surface area contributed by atoms with Gasteiger partial charge in [0.15, 0.2) is 5.75 Å². The van der Waals surface area contributed by atoms with Crippen molar-refractivity contribution in [2.75, 3.05) is 17.2 Å². The van der Waals surface area contributed by atoms with Gasteiger partial charge in [-0.15, -0.1) is 0 Å². The van der Waals surface area contributed by atoms with Gasteiger partial charge in [0.2, 0.25) is 11.8 Å². The lowest BCUT2D eigenvalue weighted by atomic mass is 10.1. The number of benzene rings is 3. The van der Waals surface area contributed by atoms with Crippen molar-refractivity contribution >= 4 is 34.8 Å². The SMILES string of the molecule is CCOc1ccc(Oc2ccc(Cl)cc2NC(=O)Cc2ccc(NC(C)=O)cc2)cc1. The van der Waals surface area contributed by atoms with Crippen molar-refractivity contribution in [3.63, 3.8) is 0 Å². The first kappa shape index (κ1) is 22.2. The topological polar surface area (TPSA) is 76.7 Å². The van der Waals surface area contributed by atoms with E-state index in [1.54, 1.807) is 54.6 Å². The van der Waals surface area contributed by atoms with E-state index in [1.165, 1.54) is 6.92 Å². The van der Waals surface area contributed by atoms with Crippen molar-refractivity contribution < 1.29 is 19.1 Å². The van der Waals surface area contributed by atoms with E-state index >= 15 is 0 Å². The third-order valence-corrected chi connectivity index (χ3v) is 4.45. The molecule has 0 heterocycles. The molecule has 0 saturated carbocycles. The highest BCUT2D eigenvalue weighted by Gasteiger charge is 2.11. The molecule has 6 nitrogen and oxygen atoms in total. The van der Waals surface area contributed by atoms with Gasteiger partial charge in [-0.1, -0.05) is 23.7 Å². The summed E-state index contributed by atoms with van der Waals surface area (Å²) in [5.74, 6) is 1.47. The van der Waals surface area contributed by atoms with Gasteiger partial charge in [-0.25, -0.2) is 0 Å².